The van der Waals surface area contributed by atoms with Crippen molar-refractivity contribution in [2.24, 2.45) is 0 Å². The van der Waals surface area contributed by atoms with E-state index < -0.39 is 11.5 Å². The minimum absolute atomic E-state index is 0.0674. The van der Waals surface area contributed by atoms with Crippen molar-refractivity contribution < 1.29 is 9.90 Å². The Morgan fingerprint density at radius 3 is 2.94 bits per heavy atom. The summed E-state index contributed by atoms with van der Waals surface area (Å²) in [6.07, 6.45) is 3.01. The van der Waals surface area contributed by atoms with E-state index in [2.05, 4.69) is 11.6 Å². The number of aromatic amines is 1. The van der Waals surface area contributed by atoms with Gasteiger partial charge in [0.1, 0.15) is 5.56 Å². The normalized spacial score (nSPS) is 9.81. The van der Waals surface area contributed by atoms with Gasteiger partial charge in [-0.15, -0.1) is 6.58 Å². The molecule has 0 saturated carbocycles. The molecule has 16 heavy (non-hydrogen) atoms. The molecule has 1 aromatic heterocycles. The van der Waals surface area contributed by atoms with E-state index >= 15 is 0 Å². The number of nitrogens with zero attached hydrogens (tertiary/aromatic N) is 1. The van der Waals surface area contributed by atoms with Crippen LogP contribution < -0.4 is 5.56 Å². The second-order valence-electron chi connectivity index (χ2n) is 3.18. The van der Waals surface area contributed by atoms with E-state index in [9.17, 15) is 9.59 Å². The molecule has 0 unspecified atom stereocenters. The lowest BCUT2D eigenvalue weighted by Crippen LogP contribution is -2.36. The van der Waals surface area contributed by atoms with Gasteiger partial charge in [-0.3, -0.25) is 9.59 Å². The second-order valence-corrected chi connectivity index (χ2v) is 3.18. The number of amides is 1. The molecule has 0 fully saturated rings. The zero-order chi connectivity index (χ0) is 12.0. The maximum absolute atomic E-state index is 11.9. The fraction of sp³-hybridized carbons (Fsp3) is 0.273. The van der Waals surface area contributed by atoms with E-state index in [1.807, 2.05) is 0 Å². The van der Waals surface area contributed by atoms with E-state index in [1.54, 1.807) is 12.1 Å². The number of hydrogen-bond acceptors (Lipinski definition) is 3. The van der Waals surface area contributed by atoms with Crippen molar-refractivity contribution in [3.63, 3.8) is 0 Å². The molecule has 0 bridgehead atoms. The molecule has 1 aromatic rings. The topological polar surface area (TPSA) is 73.4 Å². The van der Waals surface area contributed by atoms with Gasteiger partial charge in [0.25, 0.3) is 11.5 Å². The van der Waals surface area contributed by atoms with Gasteiger partial charge in [-0.2, -0.15) is 0 Å². The van der Waals surface area contributed by atoms with E-state index in [-0.39, 0.29) is 18.7 Å². The third-order valence-electron chi connectivity index (χ3n) is 2.06. The highest BCUT2D eigenvalue weighted by molar-refractivity contribution is 5.93. The maximum Gasteiger partial charge on any atom is 0.260 e. The van der Waals surface area contributed by atoms with Gasteiger partial charge in [0.2, 0.25) is 0 Å². The van der Waals surface area contributed by atoms with Crippen LogP contribution in [-0.2, 0) is 0 Å². The van der Waals surface area contributed by atoms with Crippen molar-refractivity contribution >= 4 is 5.91 Å². The summed E-state index contributed by atoms with van der Waals surface area (Å²) in [6.45, 7) is 3.85. The Balaban J connectivity index is 2.94. The average Bonchev–Trinajstić information content (AvgIpc) is 2.28. The largest absolute Gasteiger partial charge is 0.395 e. The second kappa shape index (κ2) is 5.87. The summed E-state index contributed by atoms with van der Waals surface area (Å²) in [7, 11) is 0. The summed E-state index contributed by atoms with van der Waals surface area (Å²) < 4.78 is 0. The number of pyridine rings is 1. The predicted molar refractivity (Wildman–Crippen MR) is 60.2 cm³/mol. The first-order valence-electron chi connectivity index (χ1n) is 4.89. The van der Waals surface area contributed by atoms with Crippen LogP contribution in [-0.4, -0.2) is 40.6 Å². The summed E-state index contributed by atoms with van der Waals surface area (Å²) in [5.74, 6) is -0.407. The number of nitrogens with one attached hydrogen (secondary N) is 1. The molecule has 0 aromatic carbocycles. The van der Waals surface area contributed by atoms with E-state index in [0.29, 0.717) is 6.54 Å². The lowest BCUT2D eigenvalue weighted by Gasteiger charge is -2.19. The zero-order valence-corrected chi connectivity index (χ0v) is 8.85. The molecule has 0 spiro atoms. The zero-order valence-electron chi connectivity index (χ0n) is 8.85. The van der Waals surface area contributed by atoms with Crippen LogP contribution >= 0.6 is 0 Å². The minimum Gasteiger partial charge on any atom is -0.395 e. The van der Waals surface area contributed by atoms with Crippen LogP contribution in [0, 0.1) is 0 Å². The molecule has 86 valence electrons. The monoisotopic (exact) mass is 222 g/mol. The first kappa shape index (κ1) is 12.2. The van der Waals surface area contributed by atoms with Gasteiger partial charge in [-0.1, -0.05) is 6.08 Å². The Bertz CT molecular complexity index is 425. The fourth-order valence-electron chi connectivity index (χ4n) is 1.31. The van der Waals surface area contributed by atoms with Crippen molar-refractivity contribution in [2.45, 2.75) is 0 Å². The number of hydrogen-bond donors (Lipinski definition) is 2. The number of aromatic nitrogens is 1. The molecule has 0 atom stereocenters. The highest BCUT2D eigenvalue weighted by Crippen LogP contribution is 1.99. The highest BCUT2D eigenvalue weighted by atomic mass is 16.3. The fourth-order valence-corrected chi connectivity index (χ4v) is 1.31. The molecule has 0 aliphatic heterocycles. The third kappa shape index (κ3) is 2.80. The average molecular weight is 222 g/mol. The standard InChI is InChI=1S/C11H14N2O3/c1-2-6-13(7-8-14)11(16)9-4-3-5-12-10(9)15/h2-5,14H,1,6-8H2,(H,12,15). The van der Waals surface area contributed by atoms with Gasteiger partial charge in [-0.25, -0.2) is 0 Å². The molecular formula is C11H14N2O3. The van der Waals surface area contributed by atoms with Crippen LogP contribution in [0.4, 0.5) is 0 Å². The van der Waals surface area contributed by atoms with Gasteiger partial charge in [-0.05, 0) is 12.1 Å². The number of carbonyl (C=O) groups is 1. The van der Waals surface area contributed by atoms with Crippen molar-refractivity contribution in [1.82, 2.24) is 9.88 Å². The van der Waals surface area contributed by atoms with Gasteiger partial charge in [0.15, 0.2) is 0 Å². The van der Waals surface area contributed by atoms with Gasteiger partial charge in [0, 0.05) is 19.3 Å². The SMILES string of the molecule is C=CCN(CCO)C(=O)c1ccc[nH]c1=O. The molecule has 2 N–H and O–H groups in total. The number of aliphatic hydroxyl groups is 1. The van der Waals surface area contributed by atoms with Gasteiger partial charge in [0.05, 0.1) is 6.61 Å². The van der Waals surface area contributed by atoms with Crippen molar-refractivity contribution in [3.05, 3.63) is 46.9 Å². The quantitative estimate of drug-likeness (QED) is 0.688. The van der Waals surface area contributed by atoms with Crippen LogP contribution in [0.2, 0.25) is 0 Å². The molecular weight excluding hydrogens is 208 g/mol. The first-order chi connectivity index (χ1) is 7.70. The molecule has 0 saturated heterocycles. The lowest BCUT2D eigenvalue weighted by atomic mass is 10.2. The Hall–Kier alpha value is -1.88. The predicted octanol–water partition coefficient (Wildman–Crippen LogP) is -0.00460. The summed E-state index contributed by atoms with van der Waals surface area (Å²) in [5.41, 5.74) is -0.364. The Morgan fingerprint density at radius 2 is 2.38 bits per heavy atom. The summed E-state index contributed by atoms with van der Waals surface area (Å²) >= 11 is 0. The number of aliphatic hydroxyl groups excluding tert-OH is 1. The van der Waals surface area contributed by atoms with E-state index in [0.717, 1.165) is 0 Å². The Morgan fingerprint density at radius 1 is 1.62 bits per heavy atom. The van der Waals surface area contributed by atoms with Crippen molar-refractivity contribution in [3.8, 4) is 0 Å². The molecule has 1 amide bonds. The number of carbonyl (C=O) groups excluding carboxylic acids is 1. The van der Waals surface area contributed by atoms with Crippen molar-refractivity contribution in [1.29, 1.82) is 0 Å². The van der Waals surface area contributed by atoms with Crippen LogP contribution in [0.25, 0.3) is 0 Å². The molecule has 5 nitrogen and oxygen atoms in total. The minimum atomic E-state index is -0.431. The van der Waals surface area contributed by atoms with Crippen LogP contribution in [0.1, 0.15) is 10.4 Å². The van der Waals surface area contributed by atoms with Gasteiger partial charge >= 0.3 is 0 Å². The van der Waals surface area contributed by atoms with Crippen LogP contribution in [0.5, 0.6) is 0 Å². The molecule has 0 aliphatic rings. The molecule has 0 aliphatic carbocycles. The highest BCUT2D eigenvalue weighted by Gasteiger charge is 2.16. The molecule has 1 heterocycles. The molecule has 0 radical (unpaired) electrons. The number of H-pyrrole nitrogens is 1. The first-order valence-corrected chi connectivity index (χ1v) is 4.89. The van der Waals surface area contributed by atoms with Crippen molar-refractivity contribution in [2.75, 3.05) is 19.7 Å². The number of rotatable bonds is 5. The Labute approximate surface area is 93.0 Å². The molecule has 1 rings (SSSR count). The molecule has 5 heteroatoms. The van der Waals surface area contributed by atoms with Crippen LogP contribution in [0.3, 0.4) is 0 Å². The summed E-state index contributed by atoms with van der Waals surface area (Å²) in [5, 5.41) is 8.81. The lowest BCUT2D eigenvalue weighted by molar-refractivity contribution is 0.0741. The Kier molecular flexibility index (Phi) is 4.47. The summed E-state index contributed by atoms with van der Waals surface area (Å²) in [6, 6.07) is 3.04. The van der Waals surface area contributed by atoms with Crippen LogP contribution in [0.15, 0.2) is 35.8 Å². The smallest absolute Gasteiger partial charge is 0.260 e. The van der Waals surface area contributed by atoms with E-state index in [4.69, 9.17) is 5.11 Å². The third-order valence-corrected chi connectivity index (χ3v) is 2.06. The van der Waals surface area contributed by atoms with Gasteiger partial charge < -0.3 is 15.0 Å². The summed E-state index contributed by atoms with van der Waals surface area (Å²) in [4.78, 5) is 27.1. The maximum atomic E-state index is 11.9. The van der Waals surface area contributed by atoms with E-state index in [1.165, 1.54) is 17.2 Å².